The Balaban J connectivity index is 1.53. The van der Waals surface area contributed by atoms with Gasteiger partial charge in [0, 0.05) is 56.4 Å². The summed E-state index contributed by atoms with van der Waals surface area (Å²) in [5, 5.41) is 3.38. The largest absolute Gasteiger partial charge is 0.367 e. The fourth-order valence-corrected chi connectivity index (χ4v) is 4.68. The Kier molecular flexibility index (Phi) is 6.85. The summed E-state index contributed by atoms with van der Waals surface area (Å²) < 4.78 is 19.8. The Morgan fingerprint density at radius 2 is 1.89 bits per heavy atom. The minimum Gasteiger partial charge on any atom is -0.367 e. The Morgan fingerprint density at radius 1 is 1.13 bits per heavy atom. The molecule has 1 aliphatic heterocycles. The Labute approximate surface area is 219 Å². The number of anilines is 3. The molecule has 0 aliphatic carbocycles. The first-order valence-electron chi connectivity index (χ1n) is 12.6. The summed E-state index contributed by atoms with van der Waals surface area (Å²) in [5.74, 6) is -0.114. The standard InChI is InChI=1S/C27H31FN8O2/c1-5-10-35-26(38)21-16-29-27(31-25(21)36(35)20-7-9-24(37)34(17-20)18(2)3)30-19-6-8-23(22(28)15-19)33-13-11-32(4)12-14-33/h5-9,15-18H,1,10-14H2,2-4H3,(H,29,30,31). The molecule has 11 heteroatoms. The highest BCUT2D eigenvalue weighted by molar-refractivity contribution is 5.77. The van der Waals surface area contributed by atoms with Crippen LogP contribution in [0.1, 0.15) is 19.9 Å². The summed E-state index contributed by atoms with van der Waals surface area (Å²) in [4.78, 5) is 38.7. The van der Waals surface area contributed by atoms with Crippen LogP contribution in [-0.4, -0.2) is 62.0 Å². The predicted molar refractivity (Wildman–Crippen MR) is 147 cm³/mol. The lowest BCUT2D eigenvalue weighted by Gasteiger charge is -2.34. The van der Waals surface area contributed by atoms with Gasteiger partial charge in [0.2, 0.25) is 5.95 Å². The lowest BCUT2D eigenvalue weighted by atomic mass is 10.2. The number of nitrogens with one attached hydrogen (secondary N) is 1. The van der Waals surface area contributed by atoms with Gasteiger partial charge in [-0.05, 0) is 45.2 Å². The molecule has 1 aromatic carbocycles. The van der Waals surface area contributed by atoms with E-state index in [9.17, 15) is 9.59 Å². The molecule has 0 spiro atoms. The van der Waals surface area contributed by atoms with E-state index in [1.807, 2.05) is 18.7 Å². The Hall–Kier alpha value is -4.25. The molecule has 0 unspecified atom stereocenters. The highest BCUT2D eigenvalue weighted by Crippen LogP contribution is 2.26. The summed E-state index contributed by atoms with van der Waals surface area (Å²) >= 11 is 0. The van der Waals surface area contributed by atoms with Crippen LogP contribution in [0.25, 0.3) is 16.7 Å². The number of halogens is 1. The van der Waals surface area contributed by atoms with Crippen LogP contribution >= 0.6 is 0 Å². The third-order valence-corrected chi connectivity index (χ3v) is 6.75. The van der Waals surface area contributed by atoms with Crippen molar-refractivity contribution in [2.75, 3.05) is 43.4 Å². The minimum absolute atomic E-state index is 0.0700. The number of nitrogens with zero attached hydrogens (tertiary/aromatic N) is 7. The molecule has 0 amide bonds. The van der Waals surface area contributed by atoms with Crippen molar-refractivity contribution in [3.8, 4) is 5.69 Å². The molecule has 0 bridgehead atoms. The average molecular weight is 519 g/mol. The molecule has 1 N–H and O–H groups in total. The molecular weight excluding hydrogens is 487 g/mol. The van der Waals surface area contributed by atoms with E-state index in [2.05, 4.69) is 33.8 Å². The van der Waals surface area contributed by atoms with Crippen molar-refractivity contribution in [2.45, 2.75) is 26.4 Å². The van der Waals surface area contributed by atoms with Crippen LogP contribution < -0.4 is 21.3 Å². The van der Waals surface area contributed by atoms with Crippen LogP contribution in [0, 0.1) is 5.82 Å². The van der Waals surface area contributed by atoms with E-state index in [-0.39, 0.29) is 35.5 Å². The van der Waals surface area contributed by atoms with Gasteiger partial charge in [0.1, 0.15) is 11.2 Å². The highest BCUT2D eigenvalue weighted by Gasteiger charge is 2.20. The molecule has 3 aromatic heterocycles. The summed E-state index contributed by atoms with van der Waals surface area (Å²) in [6.07, 6.45) is 4.77. The number of pyridine rings is 1. The summed E-state index contributed by atoms with van der Waals surface area (Å²) in [5.41, 5.74) is 1.59. The van der Waals surface area contributed by atoms with Crippen molar-refractivity contribution >= 4 is 28.4 Å². The van der Waals surface area contributed by atoms with Gasteiger partial charge in [-0.25, -0.2) is 18.7 Å². The first-order valence-corrected chi connectivity index (χ1v) is 12.6. The monoisotopic (exact) mass is 518 g/mol. The zero-order chi connectivity index (χ0) is 27.0. The van der Waals surface area contributed by atoms with E-state index >= 15 is 4.39 Å². The first kappa shape index (κ1) is 25.4. The molecule has 198 valence electrons. The van der Waals surface area contributed by atoms with Crippen LogP contribution in [0.15, 0.2) is 65.0 Å². The topological polar surface area (TPSA) is 93.2 Å². The number of piperazine rings is 1. The van der Waals surface area contributed by atoms with Gasteiger partial charge < -0.3 is 19.7 Å². The van der Waals surface area contributed by atoms with E-state index < -0.39 is 0 Å². The zero-order valence-electron chi connectivity index (χ0n) is 21.8. The van der Waals surface area contributed by atoms with Crippen molar-refractivity contribution < 1.29 is 4.39 Å². The second-order valence-electron chi connectivity index (χ2n) is 9.73. The van der Waals surface area contributed by atoms with Gasteiger partial charge in [-0.1, -0.05) is 6.08 Å². The van der Waals surface area contributed by atoms with Crippen molar-refractivity contribution in [3.63, 3.8) is 0 Å². The number of likely N-dealkylation sites (N-methyl/N-ethyl adjacent to an activating group) is 1. The molecule has 0 saturated carbocycles. The number of allylic oxidation sites excluding steroid dienone is 1. The summed E-state index contributed by atoms with van der Waals surface area (Å²) in [6.45, 7) is 11.1. The maximum absolute atomic E-state index is 15.0. The number of benzene rings is 1. The van der Waals surface area contributed by atoms with Gasteiger partial charge in [-0.15, -0.1) is 6.58 Å². The Bertz CT molecular complexity index is 1610. The molecular formula is C27H31FN8O2. The highest BCUT2D eigenvalue weighted by atomic mass is 19.1. The normalized spacial score (nSPS) is 14.4. The van der Waals surface area contributed by atoms with Crippen molar-refractivity contribution in [1.29, 1.82) is 0 Å². The molecule has 10 nitrogen and oxygen atoms in total. The molecule has 4 aromatic rings. The number of rotatable bonds is 7. The van der Waals surface area contributed by atoms with Gasteiger partial charge in [0.15, 0.2) is 5.65 Å². The predicted octanol–water partition coefficient (Wildman–Crippen LogP) is 3.15. The zero-order valence-corrected chi connectivity index (χ0v) is 21.8. The maximum Gasteiger partial charge on any atom is 0.278 e. The minimum atomic E-state index is -0.328. The third kappa shape index (κ3) is 4.72. The number of fused-ring (bicyclic) bond motifs is 1. The molecule has 38 heavy (non-hydrogen) atoms. The van der Waals surface area contributed by atoms with Gasteiger partial charge >= 0.3 is 0 Å². The van der Waals surface area contributed by atoms with Gasteiger partial charge in [-0.2, -0.15) is 4.98 Å². The first-order chi connectivity index (χ1) is 18.3. The smallest absolute Gasteiger partial charge is 0.278 e. The summed E-state index contributed by atoms with van der Waals surface area (Å²) in [7, 11) is 2.06. The number of aromatic nitrogens is 5. The van der Waals surface area contributed by atoms with Crippen molar-refractivity contribution in [3.05, 3.63) is 81.9 Å². The van der Waals surface area contributed by atoms with Gasteiger partial charge in [-0.3, -0.25) is 9.59 Å². The van der Waals surface area contributed by atoms with E-state index in [0.29, 0.717) is 28.1 Å². The molecule has 1 fully saturated rings. The molecule has 1 saturated heterocycles. The summed E-state index contributed by atoms with van der Waals surface area (Å²) in [6, 6.07) is 8.03. The average Bonchev–Trinajstić information content (AvgIpc) is 3.16. The third-order valence-electron chi connectivity index (χ3n) is 6.75. The SMILES string of the molecule is C=CCn1c(=O)c2cnc(Nc3ccc(N4CCN(C)CC4)c(F)c3)nc2n1-c1ccc(=O)n(C(C)C)c1. The Morgan fingerprint density at radius 3 is 2.58 bits per heavy atom. The van der Waals surface area contributed by atoms with E-state index in [1.165, 1.54) is 23.0 Å². The van der Waals surface area contributed by atoms with Crippen LogP contribution in [-0.2, 0) is 6.54 Å². The lowest BCUT2D eigenvalue weighted by Crippen LogP contribution is -2.44. The van der Waals surface area contributed by atoms with Crippen LogP contribution in [0.3, 0.4) is 0 Å². The van der Waals surface area contributed by atoms with E-state index in [0.717, 1.165) is 26.2 Å². The molecule has 4 heterocycles. The van der Waals surface area contributed by atoms with Crippen LogP contribution in [0.5, 0.6) is 0 Å². The molecule has 0 radical (unpaired) electrons. The second-order valence-corrected chi connectivity index (χ2v) is 9.73. The molecule has 5 rings (SSSR count). The number of hydrogen-bond donors (Lipinski definition) is 1. The number of hydrogen-bond acceptors (Lipinski definition) is 7. The van der Waals surface area contributed by atoms with Gasteiger partial charge in [0.25, 0.3) is 11.1 Å². The van der Waals surface area contributed by atoms with Crippen molar-refractivity contribution in [2.24, 2.45) is 0 Å². The molecule has 1 aliphatic rings. The lowest BCUT2D eigenvalue weighted by molar-refractivity contribution is 0.311. The van der Waals surface area contributed by atoms with Gasteiger partial charge in [0.05, 0.1) is 17.9 Å². The van der Waals surface area contributed by atoms with Crippen molar-refractivity contribution in [1.82, 2.24) is 28.8 Å². The fourth-order valence-electron chi connectivity index (χ4n) is 4.68. The van der Waals surface area contributed by atoms with E-state index in [4.69, 9.17) is 0 Å². The van der Waals surface area contributed by atoms with Crippen LogP contribution in [0.2, 0.25) is 0 Å². The van der Waals surface area contributed by atoms with Crippen LogP contribution in [0.4, 0.5) is 21.7 Å². The second kappa shape index (κ2) is 10.3. The maximum atomic E-state index is 15.0. The molecule has 0 atom stereocenters. The quantitative estimate of drug-likeness (QED) is 0.376. The fraction of sp³-hybridized carbons (Fsp3) is 0.333. The van der Waals surface area contributed by atoms with E-state index in [1.54, 1.807) is 39.7 Å².